The molecule has 0 unspecified atom stereocenters. The number of nitrogens with zero attached hydrogens (tertiary/aromatic N) is 2. The van der Waals surface area contributed by atoms with Gasteiger partial charge in [0.05, 0.1) is 20.3 Å². The lowest BCUT2D eigenvalue weighted by atomic mass is 9.96. The molecule has 1 saturated heterocycles. The van der Waals surface area contributed by atoms with Crippen molar-refractivity contribution in [3.8, 4) is 11.5 Å². The first-order valence-electron chi connectivity index (χ1n) is 10.3. The normalized spacial score (nSPS) is 15.2. The van der Waals surface area contributed by atoms with Crippen molar-refractivity contribution in [2.24, 2.45) is 0 Å². The van der Waals surface area contributed by atoms with Crippen molar-refractivity contribution in [1.82, 2.24) is 9.80 Å². The highest BCUT2D eigenvalue weighted by atomic mass is 16.6. The summed E-state index contributed by atoms with van der Waals surface area (Å²) in [5.41, 5.74) is 1.81. The van der Waals surface area contributed by atoms with Gasteiger partial charge in [-0.25, -0.2) is 4.79 Å². The Balaban J connectivity index is 1.84. The Morgan fingerprint density at radius 1 is 0.867 bits per heavy atom. The van der Waals surface area contributed by atoms with Crippen LogP contribution in [-0.2, 0) is 4.74 Å². The summed E-state index contributed by atoms with van der Waals surface area (Å²) in [5, 5.41) is 0. The Morgan fingerprint density at radius 3 is 1.80 bits per heavy atom. The molecule has 1 heterocycles. The van der Waals surface area contributed by atoms with Crippen LogP contribution in [0.25, 0.3) is 0 Å². The number of hydrogen-bond donors (Lipinski definition) is 0. The van der Waals surface area contributed by atoms with E-state index in [4.69, 9.17) is 14.2 Å². The Hall–Kier alpha value is -2.73. The van der Waals surface area contributed by atoms with Crippen molar-refractivity contribution in [3.05, 3.63) is 59.7 Å². The van der Waals surface area contributed by atoms with Gasteiger partial charge in [0.1, 0.15) is 17.1 Å². The van der Waals surface area contributed by atoms with Gasteiger partial charge in [0.25, 0.3) is 0 Å². The van der Waals surface area contributed by atoms with Gasteiger partial charge in [0, 0.05) is 26.2 Å². The maximum Gasteiger partial charge on any atom is 0.410 e. The Bertz CT molecular complexity index is 807. The monoisotopic (exact) mass is 412 g/mol. The number of methoxy groups -OCH3 is 2. The molecule has 1 aliphatic heterocycles. The minimum atomic E-state index is -0.488. The lowest BCUT2D eigenvalue weighted by molar-refractivity contribution is 0.0119. The van der Waals surface area contributed by atoms with Crippen molar-refractivity contribution in [2.75, 3.05) is 40.4 Å². The number of benzene rings is 2. The van der Waals surface area contributed by atoms with Crippen LogP contribution in [0.15, 0.2) is 48.5 Å². The average molecular weight is 413 g/mol. The van der Waals surface area contributed by atoms with Gasteiger partial charge >= 0.3 is 6.09 Å². The highest BCUT2D eigenvalue weighted by Gasteiger charge is 2.30. The van der Waals surface area contributed by atoms with E-state index in [1.54, 1.807) is 19.1 Å². The standard InChI is InChI=1S/C24H32N2O4/c1-24(2,3)30-23(27)26-14-12-25(13-15-26)22(18-8-6-10-20(16-18)28-4)19-9-7-11-21(17-19)29-5/h6-11,16-17,22H,12-15H2,1-5H3. The van der Waals surface area contributed by atoms with Crippen molar-refractivity contribution in [1.29, 1.82) is 0 Å². The second kappa shape index (κ2) is 9.39. The molecule has 1 amide bonds. The summed E-state index contributed by atoms with van der Waals surface area (Å²) in [4.78, 5) is 16.6. The summed E-state index contributed by atoms with van der Waals surface area (Å²) in [7, 11) is 3.36. The molecule has 1 aliphatic rings. The third-order valence-electron chi connectivity index (χ3n) is 5.15. The van der Waals surface area contributed by atoms with Gasteiger partial charge in [-0.15, -0.1) is 0 Å². The Kier molecular flexibility index (Phi) is 6.87. The number of carbonyl (C=O) groups excluding carboxylic acids is 1. The molecule has 6 nitrogen and oxygen atoms in total. The molecule has 0 radical (unpaired) electrons. The van der Waals surface area contributed by atoms with Crippen molar-refractivity contribution >= 4 is 6.09 Å². The van der Waals surface area contributed by atoms with Crippen LogP contribution in [0.3, 0.4) is 0 Å². The second-order valence-corrected chi connectivity index (χ2v) is 8.46. The summed E-state index contributed by atoms with van der Waals surface area (Å²) in [6.45, 7) is 8.42. The molecule has 3 rings (SSSR count). The molecule has 0 N–H and O–H groups in total. The minimum absolute atomic E-state index is 0.0380. The number of rotatable bonds is 5. The number of ether oxygens (including phenoxy) is 3. The van der Waals surface area contributed by atoms with Gasteiger partial charge in [0.2, 0.25) is 0 Å². The lowest BCUT2D eigenvalue weighted by Crippen LogP contribution is -2.51. The van der Waals surface area contributed by atoms with Gasteiger partial charge in [-0.05, 0) is 56.2 Å². The molecule has 30 heavy (non-hydrogen) atoms. The van der Waals surface area contributed by atoms with E-state index in [-0.39, 0.29) is 12.1 Å². The highest BCUT2D eigenvalue weighted by Crippen LogP contribution is 2.33. The predicted molar refractivity (Wildman–Crippen MR) is 117 cm³/mol. The predicted octanol–water partition coefficient (Wildman–Crippen LogP) is 4.35. The maximum absolute atomic E-state index is 12.4. The largest absolute Gasteiger partial charge is 0.497 e. The van der Waals surface area contributed by atoms with E-state index in [0.29, 0.717) is 13.1 Å². The van der Waals surface area contributed by atoms with Gasteiger partial charge in [0.15, 0.2) is 0 Å². The topological polar surface area (TPSA) is 51.2 Å². The Morgan fingerprint density at radius 2 is 1.37 bits per heavy atom. The molecular weight excluding hydrogens is 380 g/mol. The Labute approximate surface area is 179 Å². The van der Waals surface area contributed by atoms with Crippen LogP contribution in [0.1, 0.15) is 37.9 Å². The molecule has 6 heteroatoms. The summed E-state index contributed by atoms with van der Waals surface area (Å²) in [5.74, 6) is 1.65. The SMILES string of the molecule is COc1cccc(C(c2cccc(OC)c2)N2CCN(C(=O)OC(C)(C)C)CC2)c1. The lowest BCUT2D eigenvalue weighted by Gasteiger charge is -2.40. The van der Waals surface area contributed by atoms with Gasteiger partial charge in [-0.1, -0.05) is 24.3 Å². The van der Waals surface area contributed by atoms with Gasteiger partial charge in [-0.3, -0.25) is 4.90 Å². The van der Waals surface area contributed by atoms with E-state index in [1.165, 1.54) is 0 Å². The third-order valence-corrected chi connectivity index (χ3v) is 5.15. The number of hydrogen-bond acceptors (Lipinski definition) is 5. The molecule has 0 saturated carbocycles. The van der Waals surface area contributed by atoms with Crippen LogP contribution in [0.5, 0.6) is 11.5 Å². The van der Waals surface area contributed by atoms with E-state index in [9.17, 15) is 4.79 Å². The molecule has 1 fully saturated rings. The molecule has 2 aromatic carbocycles. The summed E-state index contributed by atoms with van der Waals surface area (Å²) in [6, 6.07) is 16.3. The van der Waals surface area contributed by atoms with Crippen LogP contribution >= 0.6 is 0 Å². The molecule has 0 aromatic heterocycles. The zero-order valence-corrected chi connectivity index (χ0v) is 18.6. The molecule has 2 aromatic rings. The van der Waals surface area contributed by atoms with E-state index < -0.39 is 5.60 Å². The first-order valence-corrected chi connectivity index (χ1v) is 10.3. The zero-order chi connectivity index (χ0) is 21.7. The summed E-state index contributed by atoms with van der Waals surface area (Å²) < 4.78 is 16.4. The quantitative estimate of drug-likeness (QED) is 0.731. The third kappa shape index (κ3) is 5.45. The first kappa shape index (κ1) is 22.0. The summed E-state index contributed by atoms with van der Waals surface area (Å²) in [6.07, 6.45) is -0.249. The van der Waals surface area contributed by atoms with E-state index in [1.807, 2.05) is 45.0 Å². The fourth-order valence-electron chi connectivity index (χ4n) is 3.73. The maximum atomic E-state index is 12.4. The van der Waals surface area contributed by atoms with Crippen LogP contribution in [0.2, 0.25) is 0 Å². The van der Waals surface area contributed by atoms with Crippen molar-refractivity contribution < 1.29 is 19.0 Å². The highest BCUT2D eigenvalue weighted by molar-refractivity contribution is 5.68. The fourth-order valence-corrected chi connectivity index (χ4v) is 3.73. The van der Waals surface area contributed by atoms with E-state index in [2.05, 4.69) is 29.2 Å². The van der Waals surface area contributed by atoms with Gasteiger partial charge < -0.3 is 19.1 Å². The number of carbonyl (C=O) groups is 1. The van der Waals surface area contributed by atoms with Crippen LogP contribution < -0.4 is 9.47 Å². The molecule has 0 aliphatic carbocycles. The van der Waals surface area contributed by atoms with Crippen molar-refractivity contribution in [3.63, 3.8) is 0 Å². The smallest absolute Gasteiger partial charge is 0.410 e. The van der Waals surface area contributed by atoms with Crippen molar-refractivity contribution in [2.45, 2.75) is 32.4 Å². The minimum Gasteiger partial charge on any atom is -0.497 e. The number of amides is 1. The first-order chi connectivity index (χ1) is 14.3. The molecule has 0 atom stereocenters. The zero-order valence-electron chi connectivity index (χ0n) is 18.6. The van der Waals surface area contributed by atoms with E-state index in [0.717, 1.165) is 35.7 Å². The van der Waals surface area contributed by atoms with E-state index >= 15 is 0 Å². The van der Waals surface area contributed by atoms with Crippen LogP contribution in [0, 0.1) is 0 Å². The van der Waals surface area contributed by atoms with Crippen LogP contribution in [-0.4, -0.2) is 61.9 Å². The summed E-state index contributed by atoms with van der Waals surface area (Å²) >= 11 is 0. The average Bonchev–Trinajstić information content (AvgIpc) is 2.73. The molecule has 0 bridgehead atoms. The van der Waals surface area contributed by atoms with Gasteiger partial charge in [-0.2, -0.15) is 0 Å². The molecular formula is C24H32N2O4. The molecule has 162 valence electrons. The molecule has 0 spiro atoms. The fraction of sp³-hybridized carbons (Fsp3) is 0.458. The number of piperazine rings is 1. The van der Waals surface area contributed by atoms with Crippen LogP contribution in [0.4, 0.5) is 4.79 Å². The second-order valence-electron chi connectivity index (χ2n) is 8.46.